The minimum Gasteiger partial charge on any atom is -0.480 e. The normalized spacial score (nSPS) is 33.7. The highest BCUT2D eigenvalue weighted by Crippen LogP contribution is 2.40. The van der Waals surface area contributed by atoms with Crippen molar-refractivity contribution < 1.29 is 14.7 Å². The summed E-state index contributed by atoms with van der Waals surface area (Å²) in [4.78, 5) is 24.4. The molecule has 2 rings (SSSR count). The number of fused-ring (bicyclic) bond motifs is 1. The first-order valence-corrected chi connectivity index (χ1v) is 6.46. The van der Waals surface area contributed by atoms with Gasteiger partial charge < -0.3 is 27.2 Å². The van der Waals surface area contributed by atoms with Gasteiger partial charge in [0.1, 0.15) is 16.8 Å². The molecule has 3 atom stereocenters. The maximum absolute atomic E-state index is 11.6. The Kier molecular flexibility index (Phi) is 3.37. The zero-order valence-corrected chi connectivity index (χ0v) is 10.7. The van der Waals surface area contributed by atoms with Crippen molar-refractivity contribution in [3.63, 3.8) is 0 Å². The van der Waals surface area contributed by atoms with Crippen LogP contribution in [-0.4, -0.2) is 57.8 Å². The summed E-state index contributed by atoms with van der Waals surface area (Å²) < 4.78 is 0. The van der Waals surface area contributed by atoms with Gasteiger partial charge in [-0.2, -0.15) is 5.10 Å². The van der Waals surface area contributed by atoms with E-state index in [1.165, 1.54) is 16.7 Å². The van der Waals surface area contributed by atoms with E-state index in [4.69, 9.17) is 17.2 Å². The first kappa shape index (κ1) is 13.6. The van der Waals surface area contributed by atoms with Gasteiger partial charge in [-0.25, -0.2) is 0 Å². The lowest BCUT2D eigenvalue weighted by Gasteiger charge is -2.51. The van der Waals surface area contributed by atoms with Gasteiger partial charge in [0.15, 0.2) is 0 Å². The predicted octanol–water partition coefficient (Wildman–Crippen LogP) is -2.44. The predicted molar refractivity (Wildman–Crippen MR) is 70.3 cm³/mol. The minimum atomic E-state index is -1.30. The molecule has 0 aromatic heterocycles. The van der Waals surface area contributed by atoms with E-state index in [0.29, 0.717) is 0 Å². The van der Waals surface area contributed by atoms with Crippen LogP contribution in [0.15, 0.2) is 10.2 Å². The van der Waals surface area contributed by atoms with Crippen molar-refractivity contribution in [1.82, 2.24) is 4.90 Å². The number of thioether (sulfide) groups is 1. The molecule has 7 N–H and O–H groups in total. The van der Waals surface area contributed by atoms with Gasteiger partial charge in [0, 0.05) is 18.5 Å². The molecular weight excluding hydrogens is 272 g/mol. The molecule has 104 valence electrons. The molecule has 0 aliphatic carbocycles. The maximum atomic E-state index is 11.6. The second-order valence-corrected chi connectivity index (χ2v) is 5.53. The first-order chi connectivity index (χ1) is 8.87. The van der Waals surface area contributed by atoms with Crippen molar-refractivity contribution in [1.29, 1.82) is 0 Å². The quantitative estimate of drug-likeness (QED) is 0.194. The van der Waals surface area contributed by atoms with Crippen molar-refractivity contribution in [2.75, 3.05) is 12.3 Å². The number of carboxylic acids is 1. The van der Waals surface area contributed by atoms with E-state index < -0.39 is 17.4 Å². The van der Waals surface area contributed by atoms with Crippen LogP contribution in [-0.2, 0) is 9.59 Å². The monoisotopic (exact) mass is 286 g/mol. The fourth-order valence-electron chi connectivity index (χ4n) is 1.96. The number of nitrogens with two attached hydrogens (primary N) is 3. The van der Waals surface area contributed by atoms with E-state index in [9.17, 15) is 14.7 Å². The van der Waals surface area contributed by atoms with Crippen molar-refractivity contribution in [3.05, 3.63) is 0 Å². The SMILES string of the molecule is NC(N)=NN=CC1(C(=O)O)CS[C@@H]2C(N)C(=O)N2C1. The highest BCUT2D eigenvalue weighted by atomic mass is 32.2. The van der Waals surface area contributed by atoms with Crippen molar-refractivity contribution >= 4 is 35.8 Å². The Labute approximate surface area is 112 Å². The van der Waals surface area contributed by atoms with Gasteiger partial charge in [0.05, 0.1) is 0 Å². The lowest BCUT2D eigenvalue weighted by molar-refractivity contribution is -0.152. The number of rotatable bonds is 3. The number of carbonyl (C=O) groups excluding carboxylic acids is 1. The molecule has 19 heavy (non-hydrogen) atoms. The number of carboxylic acid groups (broad SMARTS) is 1. The van der Waals surface area contributed by atoms with Crippen molar-refractivity contribution in [2.24, 2.45) is 32.8 Å². The van der Waals surface area contributed by atoms with Crippen LogP contribution in [0.5, 0.6) is 0 Å². The zero-order valence-electron chi connectivity index (χ0n) is 9.89. The Hall–Kier alpha value is -1.81. The third-order valence-corrected chi connectivity index (χ3v) is 4.62. The van der Waals surface area contributed by atoms with Crippen LogP contribution in [0.4, 0.5) is 0 Å². The van der Waals surface area contributed by atoms with Crippen LogP contribution in [0.25, 0.3) is 0 Å². The molecule has 0 aromatic rings. The zero-order chi connectivity index (χ0) is 14.2. The summed E-state index contributed by atoms with van der Waals surface area (Å²) in [6.07, 6.45) is 1.16. The number of amides is 1. The third-order valence-electron chi connectivity index (χ3n) is 3.05. The average molecular weight is 286 g/mol. The van der Waals surface area contributed by atoms with Gasteiger partial charge in [-0.1, -0.05) is 0 Å². The summed E-state index contributed by atoms with van der Waals surface area (Å²) in [5, 5.41) is 16.1. The molecule has 0 radical (unpaired) electrons. The van der Waals surface area contributed by atoms with Crippen LogP contribution in [0.2, 0.25) is 0 Å². The number of β-lactam (4-membered cyclic amide) rings is 1. The summed E-state index contributed by atoms with van der Waals surface area (Å²) in [5.41, 5.74) is 14.6. The highest BCUT2D eigenvalue weighted by molar-refractivity contribution is 8.00. The minimum absolute atomic E-state index is 0.0238. The number of hydrogen-bond donors (Lipinski definition) is 4. The van der Waals surface area contributed by atoms with Crippen LogP contribution >= 0.6 is 11.8 Å². The number of guanidine groups is 1. The molecular formula is C9H14N6O3S. The molecule has 0 aromatic carbocycles. The fraction of sp³-hybridized carbons (Fsp3) is 0.556. The number of carbonyl (C=O) groups is 2. The van der Waals surface area contributed by atoms with Gasteiger partial charge in [-0.15, -0.1) is 16.9 Å². The van der Waals surface area contributed by atoms with Crippen molar-refractivity contribution in [2.45, 2.75) is 11.4 Å². The Balaban J connectivity index is 2.18. The molecule has 0 bridgehead atoms. The molecule has 0 saturated carbocycles. The van der Waals surface area contributed by atoms with Gasteiger partial charge >= 0.3 is 5.97 Å². The van der Waals surface area contributed by atoms with Gasteiger partial charge in [0.25, 0.3) is 0 Å². The van der Waals surface area contributed by atoms with Gasteiger partial charge in [-0.3, -0.25) is 9.59 Å². The number of aliphatic carboxylic acids is 1. The summed E-state index contributed by atoms with van der Waals surface area (Å²) in [6, 6.07) is -0.550. The average Bonchev–Trinajstić information content (AvgIpc) is 2.37. The lowest BCUT2D eigenvalue weighted by atomic mass is 9.88. The molecule has 0 spiro atoms. The molecule has 2 aliphatic heterocycles. The summed E-state index contributed by atoms with van der Waals surface area (Å²) in [6.45, 7) is 0.0238. The fourth-order valence-corrected chi connectivity index (χ4v) is 3.40. The van der Waals surface area contributed by atoms with Gasteiger partial charge in [0.2, 0.25) is 11.9 Å². The smallest absolute Gasteiger partial charge is 0.317 e. The standard InChI is InChI=1S/C9H14N6O3S/c10-4-5(16)15-2-9(7(17)18,3-19-6(4)15)1-13-14-8(11)12/h1,4,6H,2-3,10H2,(H,17,18)(H4,11,12,14)/t4?,6-,9?/m1/s1. The highest BCUT2D eigenvalue weighted by Gasteiger charge is 2.55. The lowest BCUT2D eigenvalue weighted by Crippen LogP contribution is -2.72. The largest absolute Gasteiger partial charge is 0.480 e. The molecule has 2 saturated heterocycles. The molecule has 2 fully saturated rings. The maximum Gasteiger partial charge on any atom is 0.317 e. The second kappa shape index (κ2) is 4.70. The molecule has 9 nitrogen and oxygen atoms in total. The number of hydrogen-bond acceptors (Lipinski definition) is 6. The Morgan fingerprint density at radius 1 is 1.58 bits per heavy atom. The second-order valence-electron chi connectivity index (χ2n) is 4.42. The summed E-state index contributed by atoms with van der Waals surface area (Å²) in [5.74, 6) is -1.34. The van der Waals surface area contributed by atoms with Crippen LogP contribution < -0.4 is 17.2 Å². The van der Waals surface area contributed by atoms with Crippen molar-refractivity contribution in [3.8, 4) is 0 Å². The van der Waals surface area contributed by atoms with E-state index >= 15 is 0 Å². The third kappa shape index (κ3) is 2.24. The van der Waals surface area contributed by atoms with Crippen LogP contribution in [0.1, 0.15) is 0 Å². The van der Waals surface area contributed by atoms with E-state index in [0.717, 1.165) is 6.21 Å². The molecule has 2 aliphatic rings. The van der Waals surface area contributed by atoms with E-state index in [1.54, 1.807) is 0 Å². The van der Waals surface area contributed by atoms with Crippen LogP contribution in [0, 0.1) is 5.41 Å². The molecule has 2 heterocycles. The van der Waals surface area contributed by atoms with E-state index in [1.807, 2.05) is 0 Å². The van der Waals surface area contributed by atoms with Crippen LogP contribution in [0.3, 0.4) is 0 Å². The topological polar surface area (TPSA) is 160 Å². The Bertz CT molecular complexity index is 477. The Morgan fingerprint density at radius 2 is 2.26 bits per heavy atom. The van der Waals surface area contributed by atoms with E-state index in [2.05, 4.69) is 10.2 Å². The number of nitrogens with zero attached hydrogens (tertiary/aromatic N) is 3. The van der Waals surface area contributed by atoms with E-state index in [-0.39, 0.29) is 29.5 Å². The molecule has 2 unspecified atom stereocenters. The molecule has 1 amide bonds. The first-order valence-electron chi connectivity index (χ1n) is 5.41. The summed E-state index contributed by atoms with van der Waals surface area (Å²) in [7, 11) is 0. The summed E-state index contributed by atoms with van der Waals surface area (Å²) >= 11 is 1.32. The van der Waals surface area contributed by atoms with Gasteiger partial charge in [-0.05, 0) is 0 Å². The Morgan fingerprint density at radius 3 is 2.84 bits per heavy atom. The molecule has 10 heteroatoms.